The third kappa shape index (κ3) is 3.52. The van der Waals surface area contributed by atoms with Crippen LogP contribution in [0.3, 0.4) is 0 Å². The Morgan fingerprint density at radius 1 is 1.24 bits per heavy atom. The summed E-state index contributed by atoms with van der Waals surface area (Å²) in [7, 11) is 0. The van der Waals surface area contributed by atoms with E-state index < -0.39 is 0 Å². The fourth-order valence-corrected chi connectivity index (χ4v) is 4.44. The molecule has 3 rings (SSSR count). The first kappa shape index (κ1) is 15.1. The van der Waals surface area contributed by atoms with Crippen molar-refractivity contribution in [3.8, 4) is 0 Å². The molecule has 0 spiro atoms. The second-order valence-corrected chi connectivity index (χ2v) is 7.61. The molecule has 0 fully saturated rings. The number of hydrogen-bond acceptors (Lipinski definition) is 4. The van der Waals surface area contributed by atoms with Crippen molar-refractivity contribution in [2.24, 2.45) is 0 Å². The molecule has 0 aliphatic heterocycles. The van der Waals surface area contributed by atoms with E-state index in [-0.39, 0.29) is 5.91 Å². The molecule has 4 nitrogen and oxygen atoms in total. The van der Waals surface area contributed by atoms with E-state index in [1.807, 2.05) is 6.07 Å². The van der Waals surface area contributed by atoms with Gasteiger partial charge in [-0.2, -0.15) is 0 Å². The fraction of sp³-hybridized carbons (Fsp3) is 0.357. The lowest BCUT2D eigenvalue weighted by molar-refractivity contribution is 0.103. The number of halogens is 2. The van der Waals surface area contributed by atoms with Gasteiger partial charge in [0.25, 0.3) is 5.91 Å². The van der Waals surface area contributed by atoms with Gasteiger partial charge in [0.15, 0.2) is 5.82 Å². The van der Waals surface area contributed by atoms with E-state index in [0.29, 0.717) is 15.0 Å². The normalized spacial score (nSPS) is 14.4. The summed E-state index contributed by atoms with van der Waals surface area (Å²) < 4.78 is 1.14. The van der Waals surface area contributed by atoms with Gasteiger partial charge in [-0.15, -0.1) is 11.3 Å². The third-order valence-corrected chi connectivity index (χ3v) is 5.57. The zero-order valence-electron chi connectivity index (χ0n) is 11.2. The number of anilines is 1. The quantitative estimate of drug-likeness (QED) is 0.709. The first-order chi connectivity index (χ1) is 10.1. The first-order valence-electron chi connectivity index (χ1n) is 6.74. The van der Waals surface area contributed by atoms with Crippen molar-refractivity contribution < 1.29 is 4.79 Å². The Morgan fingerprint density at radius 2 is 2.05 bits per heavy atom. The zero-order valence-corrected chi connectivity index (χ0v) is 15.1. The average Bonchev–Trinajstić information content (AvgIpc) is 2.73. The van der Waals surface area contributed by atoms with Crippen molar-refractivity contribution in [2.45, 2.75) is 32.1 Å². The molecule has 0 aromatic carbocycles. The predicted octanol–water partition coefficient (Wildman–Crippen LogP) is 4.58. The lowest BCUT2D eigenvalue weighted by Gasteiger charge is -2.04. The van der Waals surface area contributed by atoms with Gasteiger partial charge in [-0.05, 0) is 69.2 Å². The van der Waals surface area contributed by atoms with E-state index >= 15 is 0 Å². The minimum atomic E-state index is -0.120. The maximum Gasteiger partial charge on any atom is 0.266 e. The topological polar surface area (TPSA) is 54.9 Å². The Labute approximate surface area is 143 Å². The van der Waals surface area contributed by atoms with E-state index in [4.69, 9.17) is 0 Å². The Morgan fingerprint density at radius 3 is 2.86 bits per heavy atom. The molecule has 0 radical (unpaired) electrons. The molecule has 0 atom stereocenters. The number of amides is 1. The molecule has 0 saturated carbocycles. The summed E-state index contributed by atoms with van der Waals surface area (Å²) in [4.78, 5) is 22.8. The predicted molar refractivity (Wildman–Crippen MR) is 91.0 cm³/mol. The Kier molecular flexibility index (Phi) is 4.71. The number of hydrogen-bond donors (Lipinski definition) is 1. The molecule has 1 amide bonds. The molecular formula is C14H13Br2N3OS. The lowest BCUT2D eigenvalue weighted by Crippen LogP contribution is -2.12. The average molecular weight is 431 g/mol. The molecule has 0 saturated heterocycles. The summed E-state index contributed by atoms with van der Waals surface area (Å²) in [6.45, 7) is 0. The fourth-order valence-electron chi connectivity index (χ4n) is 2.38. The number of aryl methyl sites for hydroxylation is 2. The monoisotopic (exact) mass is 429 g/mol. The Hall–Kier alpha value is -0.790. The van der Waals surface area contributed by atoms with Crippen molar-refractivity contribution in [3.05, 3.63) is 36.8 Å². The van der Waals surface area contributed by atoms with Gasteiger partial charge in [-0.3, -0.25) is 4.79 Å². The molecule has 1 aliphatic carbocycles. The molecule has 7 heteroatoms. The van der Waals surface area contributed by atoms with E-state index in [0.717, 1.165) is 17.7 Å². The van der Waals surface area contributed by atoms with Crippen LogP contribution in [-0.4, -0.2) is 15.9 Å². The Balaban J connectivity index is 1.79. The zero-order chi connectivity index (χ0) is 14.8. The van der Waals surface area contributed by atoms with Gasteiger partial charge < -0.3 is 5.32 Å². The SMILES string of the molecule is O=C(Nc1ncc(Br)nc1Br)c1cc2c(s1)CCCCC2. The van der Waals surface area contributed by atoms with Crippen LogP contribution in [0.5, 0.6) is 0 Å². The maximum absolute atomic E-state index is 12.4. The van der Waals surface area contributed by atoms with Crippen LogP contribution in [0.1, 0.15) is 39.4 Å². The lowest BCUT2D eigenvalue weighted by atomic mass is 10.1. The van der Waals surface area contributed by atoms with Crippen molar-refractivity contribution >= 4 is 54.9 Å². The highest BCUT2D eigenvalue weighted by atomic mass is 79.9. The van der Waals surface area contributed by atoms with Crippen LogP contribution in [0.2, 0.25) is 0 Å². The molecule has 2 aromatic heterocycles. The van der Waals surface area contributed by atoms with E-state index in [1.165, 1.54) is 29.7 Å². The molecule has 110 valence electrons. The number of rotatable bonds is 2. The van der Waals surface area contributed by atoms with Crippen LogP contribution in [0.4, 0.5) is 5.82 Å². The molecule has 1 aliphatic rings. The molecule has 1 N–H and O–H groups in total. The van der Waals surface area contributed by atoms with Gasteiger partial charge in [0.2, 0.25) is 0 Å². The van der Waals surface area contributed by atoms with Gasteiger partial charge in [-0.1, -0.05) is 6.42 Å². The molecule has 0 unspecified atom stereocenters. The standard InChI is InChI=1S/C14H13Br2N3OS/c15-11-7-17-13(12(16)18-11)19-14(20)10-6-8-4-2-1-3-5-9(8)21-10/h6-7H,1-5H2,(H,17,19,20). The number of thiophene rings is 1. The van der Waals surface area contributed by atoms with Crippen molar-refractivity contribution in [3.63, 3.8) is 0 Å². The summed E-state index contributed by atoms with van der Waals surface area (Å²) in [6, 6.07) is 2.03. The maximum atomic E-state index is 12.4. The molecule has 2 aromatic rings. The van der Waals surface area contributed by atoms with Gasteiger partial charge in [0.1, 0.15) is 9.21 Å². The molecular weight excluding hydrogens is 418 g/mol. The van der Waals surface area contributed by atoms with Gasteiger partial charge in [0.05, 0.1) is 11.1 Å². The van der Waals surface area contributed by atoms with Gasteiger partial charge in [0, 0.05) is 4.88 Å². The summed E-state index contributed by atoms with van der Waals surface area (Å²) >= 11 is 8.14. The largest absolute Gasteiger partial charge is 0.304 e. The first-order valence-corrected chi connectivity index (χ1v) is 9.14. The van der Waals surface area contributed by atoms with Crippen LogP contribution in [0.15, 0.2) is 21.5 Å². The summed E-state index contributed by atoms with van der Waals surface area (Å²) in [5.74, 6) is 0.317. The van der Waals surface area contributed by atoms with Gasteiger partial charge in [-0.25, -0.2) is 9.97 Å². The van der Waals surface area contributed by atoms with Crippen LogP contribution < -0.4 is 5.32 Å². The van der Waals surface area contributed by atoms with Gasteiger partial charge >= 0.3 is 0 Å². The second kappa shape index (κ2) is 6.54. The van der Waals surface area contributed by atoms with Crippen LogP contribution in [-0.2, 0) is 12.8 Å². The molecule has 0 bridgehead atoms. The minimum absolute atomic E-state index is 0.120. The highest BCUT2D eigenvalue weighted by Gasteiger charge is 2.17. The minimum Gasteiger partial charge on any atom is -0.304 e. The van der Waals surface area contributed by atoms with E-state index in [9.17, 15) is 4.79 Å². The smallest absolute Gasteiger partial charge is 0.266 e. The van der Waals surface area contributed by atoms with Crippen LogP contribution >= 0.6 is 43.2 Å². The molecule has 2 heterocycles. The number of aromatic nitrogens is 2. The van der Waals surface area contributed by atoms with Crippen molar-refractivity contribution in [1.29, 1.82) is 0 Å². The second-order valence-electron chi connectivity index (χ2n) is 4.91. The van der Waals surface area contributed by atoms with Crippen LogP contribution in [0, 0.1) is 0 Å². The highest BCUT2D eigenvalue weighted by Crippen LogP contribution is 2.30. The van der Waals surface area contributed by atoms with E-state index in [1.54, 1.807) is 17.5 Å². The molecule has 21 heavy (non-hydrogen) atoms. The van der Waals surface area contributed by atoms with Crippen molar-refractivity contribution in [2.75, 3.05) is 5.32 Å². The number of fused-ring (bicyclic) bond motifs is 1. The van der Waals surface area contributed by atoms with E-state index in [2.05, 4.69) is 47.1 Å². The van der Waals surface area contributed by atoms with Crippen LogP contribution in [0.25, 0.3) is 0 Å². The summed E-state index contributed by atoms with van der Waals surface area (Å²) in [6.07, 6.45) is 7.46. The van der Waals surface area contributed by atoms with Crippen molar-refractivity contribution in [1.82, 2.24) is 9.97 Å². The Bertz CT molecular complexity index is 663. The highest BCUT2D eigenvalue weighted by molar-refractivity contribution is 9.11. The summed E-state index contributed by atoms with van der Waals surface area (Å²) in [5.41, 5.74) is 1.34. The number of carbonyl (C=O) groups is 1. The third-order valence-electron chi connectivity index (χ3n) is 3.40. The number of nitrogens with zero attached hydrogens (tertiary/aromatic N) is 2. The number of carbonyl (C=O) groups excluding carboxylic acids is 1. The summed E-state index contributed by atoms with van der Waals surface area (Å²) in [5, 5.41) is 2.81. The number of nitrogens with one attached hydrogen (secondary N) is 1.